The summed E-state index contributed by atoms with van der Waals surface area (Å²) in [5.41, 5.74) is 0. The molecule has 0 spiro atoms. The van der Waals surface area contributed by atoms with Gasteiger partial charge >= 0.3 is 5.97 Å². The molecular formula is C10H16N2O4. The number of aliphatic carboxylic acids is 1. The topological polar surface area (TPSA) is 95.5 Å². The van der Waals surface area contributed by atoms with E-state index in [1.807, 2.05) is 0 Å². The van der Waals surface area contributed by atoms with Crippen LogP contribution in [0.4, 0.5) is 0 Å². The lowest BCUT2D eigenvalue weighted by atomic mass is 9.98. The largest absolute Gasteiger partial charge is 0.480 e. The Hall–Kier alpha value is -1.59. The highest BCUT2D eigenvalue weighted by atomic mass is 16.4. The minimum Gasteiger partial charge on any atom is -0.480 e. The lowest BCUT2D eigenvalue weighted by Crippen LogP contribution is -2.48. The van der Waals surface area contributed by atoms with E-state index >= 15 is 0 Å². The van der Waals surface area contributed by atoms with E-state index in [-0.39, 0.29) is 17.7 Å². The number of carboxylic acid groups (broad SMARTS) is 1. The SMILES string of the molecule is CCC(NC(=O)C1CCC(=O)NC1)C(=O)O. The maximum Gasteiger partial charge on any atom is 0.326 e. The van der Waals surface area contributed by atoms with Crippen molar-refractivity contribution in [1.82, 2.24) is 10.6 Å². The first-order chi connectivity index (χ1) is 7.54. The van der Waals surface area contributed by atoms with Gasteiger partial charge in [-0.15, -0.1) is 0 Å². The van der Waals surface area contributed by atoms with Gasteiger partial charge in [0.25, 0.3) is 0 Å². The van der Waals surface area contributed by atoms with Crippen LogP contribution in [0.1, 0.15) is 26.2 Å². The molecule has 2 amide bonds. The van der Waals surface area contributed by atoms with Gasteiger partial charge in [-0.1, -0.05) is 6.92 Å². The summed E-state index contributed by atoms with van der Waals surface area (Å²) in [6, 6.07) is -0.842. The van der Waals surface area contributed by atoms with Crippen molar-refractivity contribution < 1.29 is 19.5 Å². The fourth-order valence-corrected chi connectivity index (χ4v) is 1.58. The van der Waals surface area contributed by atoms with Gasteiger partial charge in [-0.25, -0.2) is 4.79 Å². The maximum absolute atomic E-state index is 11.7. The zero-order chi connectivity index (χ0) is 12.1. The molecule has 90 valence electrons. The van der Waals surface area contributed by atoms with E-state index in [1.54, 1.807) is 6.92 Å². The van der Waals surface area contributed by atoms with Crippen LogP contribution in [0, 0.1) is 5.92 Å². The van der Waals surface area contributed by atoms with Gasteiger partial charge in [-0.05, 0) is 12.8 Å². The minimum absolute atomic E-state index is 0.0608. The number of carboxylic acids is 1. The Morgan fingerprint density at radius 2 is 2.31 bits per heavy atom. The Morgan fingerprint density at radius 3 is 2.75 bits per heavy atom. The van der Waals surface area contributed by atoms with Crippen molar-refractivity contribution in [3.63, 3.8) is 0 Å². The summed E-state index contributed by atoms with van der Waals surface area (Å²) in [5.74, 6) is -1.70. The second kappa shape index (κ2) is 5.48. The molecule has 2 atom stereocenters. The van der Waals surface area contributed by atoms with E-state index in [0.29, 0.717) is 25.8 Å². The summed E-state index contributed by atoms with van der Waals surface area (Å²) in [6.07, 6.45) is 1.15. The van der Waals surface area contributed by atoms with E-state index in [9.17, 15) is 14.4 Å². The normalized spacial score (nSPS) is 22.1. The molecule has 0 bridgehead atoms. The molecule has 1 rings (SSSR count). The van der Waals surface area contributed by atoms with Crippen LogP contribution < -0.4 is 10.6 Å². The first kappa shape index (κ1) is 12.5. The highest BCUT2D eigenvalue weighted by molar-refractivity contribution is 5.87. The van der Waals surface area contributed by atoms with Gasteiger partial charge in [0.2, 0.25) is 11.8 Å². The van der Waals surface area contributed by atoms with Crippen LogP contribution >= 0.6 is 0 Å². The molecule has 1 aliphatic rings. The van der Waals surface area contributed by atoms with Crippen molar-refractivity contribution in [3.8, 4) is 0 Å². The van der Waals surface area contributed by atoms with Gasteiger partial charge in [-0.2, -0.15) is 0 Å². The molecule has 6 nitrogen and oxygen atoms in total. The van der Waals surface area contributed by atoms with Gasteiger partial charge in [-0.3, -0.25) is 9.59 Å². The molecule has 3 N–H and O–H groups in total. The summed E-state index contributed by atoms with van der Waals surface area (Å²) >= 11 is 0. The number of nitrogens with one attached hydrogen (secondary N) is 2. The fraction of sp³-hybridized carbons (Fsp3) is 0.700. The standard InChI is InChI=1S/C10H16N2O4/c1-2-7(10(15)16)12-9(14)6-3-4-8(13)11-5-6/h6-7H,2-5H2,1H3,(H,11,13)(H,12,14)(H,15,16). The first-order valence-electron chi connectivity index (χ1n) is 5.34. The van der Waals surface area contributed by atoms with E-state index < -0.39 is 12.0 Å². The summed E-state index contributed by atoms with van der Waals surface area (Å²) in [4.78, 5) is 33.3. The molecule has 1 fully saturated rings. The summed E-state index contributed by atoms with van der Waals surface area (Å²) in [5, 5.41) is 13.8. The number of rotatable bonds is 4. The maximum atomic E-state index is 11.7. The highest BCUT2D eigenvalue weighted by Crippen LogP contribution is 2.11. The third-order valence-electron chi connectivity index (χ3n) is 2.66. The van der Waals surface area contributed by atoms with E-state index in [4.69, 9.17) is 5.11 Å². The molecule has 6 heteroatoms. The van der Waals surface area contributed by atoms with Gasteiger partial charge in [0.15, 0.2) is 0 Å². The molecule has 2 unspecified atom stereocenters. The second-order valence-electron chi connectivity index (χ2n) is 3.85. The molecule has 0 radical (unpaired) electrons. The lowest BCUT2D eigenvalue weighted by Gasteiger charge is -2.23. The smallest absolute Gasteiger partial charge is 0.326 e. The van der Waals surface area contributed by atoms with Gasteiger partial charge in [0, 0.05) is 13.0 Å². The van der Waals surface area contributed by atoms with Crippen LogP contribution in [-0.4, -0.2) is 35.5 Å². The first-order valence-corrected chi connectivity index (χ1v) is 5.34. The summed E-state index contributed by atoms with van der Waals surface area (Å²) < 4.78 is 0. The molecule has 1 aliphatic heterocycles. The molecule has 0 aliphatic carbocycles. The number of carbonyl (C=O) groups is 3. The van der Waals surface area contributed by atoms with Crippen molar-refractivity contribution in [1.29, 1.82) is 0 Å². The average molecular weight is 228 g/mol. The van der Waals surface area contributed by atoms with Crippen LogP contribution in [0.3, 0.4) is 0 Å². The molecule has 0 aromatic heterocycles. The van der Waals surface area contributed by atoms with Crippen molar-refractivity contribution >= 4 is 17.8 Å². The van der Waals surface area contributed by atoms with Gasteiger partial charge in [0.1, 0.15) is 6.04 Å². The van der Waals surface area contributed by atoms with Gasteiger partial charge in [0.05, 0.1) is 5.92 Å². The van der Waals surface area contributed by atoms with Crippen LogP contribution in [0.2, 0.25) is 0 Å². The fourth-order valence-electron chi connectivity index (χ4n) is 1.58. The number of hydrogen-bond donors (Lipinski definition) is 3. The van der Waals surface area contributed by atoms with E-state index in [2.05, 4.69) is 10.6 Å². The van der Waals surface area contributed by atoms with Crippen molar-refractivity contribution in [2.45, 2.75) is 32.2 Å². The molecule has 0 aromatic carbocycles. The predicted molar refractivity (Wildman–Crippen MR) is 55.6 cm³/mol. The minimum atomic E-state index is -1.03. The number of hydrogen-bond acceptors (Lipinski definition) is 3. The molecule has 16 heavy (non-hydrogen) atoms. The number of amides is 2. The van der Waals surface area contributed by atoms with E-state index in [0.717, 1.165) is 0 Å². The molecule has 1 saturated heterocycles. The molecule has 0 saturated carbocycles. The zero-order valence-corrected chi connectivity index (χ0v) is 9.16. The monoisotopic (exact) mass is 228 g/mol. The number of carbonyl (C=O) groups excluding carboxylic acids is 2. The molecule has 1 heterocycles. The third kappa shape index (κ3) is 3.22. The third-order valence-corrected chi connectivity index (χ3v) is 2.66. The quantitative estimate of drug-likeness (QED) is 0.604. The highest BCUT2D eigenvalue weighted by Gasteiger charge is 2.27. The predicted octanol–water partition coefficient (Wildman–Crippen LogP) is -0.508. The molecular weight excluding hydrogens is 212 g/mol. The van der Waals surface area contributed by atoms with Crippen molar-refractivity contribution in [2.75, 3.05) is 6.54 Å². The summed E-state index contributed by atoms with van der Waals surface area (Å²) in [7, 11) is 0. The van der Waals surface area contributed by atoms with Crippen molar-refractivity contribution in [3.05, 3.63) is 0 Å². The average Bonchev–Trinajstić information content (AvgIpc) is 2.26. The summed E-state index contributed by atoms with van der Waals surface area (Å²) in [6.45, 7) is 1.99. The molecule has 0 aromatic rings. The van der Waals surface area contributed by atoms with Crippen LogP contribution in [0.5, 0.6) is 0 Å². The van der Waals surface area contributed by atoms with Crippen LogP contribution in [0.15, 0.2) is 0 Å². The van der Waals surface area contributed by atoms with Crippen molar-refractivity contribution in [2.24, 2.45) is 5.92 Å². The zero-order valence-electron chi connectivity index (χ0n) is 9.16. The van der Waals surface area contributed by atoms with Crippen LogP contribution in [0.25, 0.3) is 0 Å². The van der Waals surface area contributed by atoms with Gasteiger partial charge < -0.3 is 15.7 Å². The Bertz CT molecular complexity index is 293. The van der Waals surface area contributed by atoms with Crippen LogP contribution in [-0.2, 0) is 14.4 Å². The Kier molecular flexibility index (Phi) is 4.28. The lowest BCUT2D eigenvalue weighted by molar-refractivity contribution is -0.143. The van der Waals surface area contributed by atoms with E-state index in [1.165, 1.54) is 0 Å². The Labute approximate surface area is 93.4 Å². The Balaban J connectivity index is 2.45. The number of piperidine rings is 1. The second-order valence-corrected chi connectivity index (χ2v) is 3.85. The Morgan fingerprint density at radius 1 is 1.62 bits per heavy atom.